The topological polar surface area (TPSA) is 87.0 Å². The summed E-state index contributed by atoms with van der Waals surface area (Å²) in [4.78, 5) is 10.5. The fraction of sp³-hybridized carbons (Fsp3) is 0.700. The molecule has 6 heteroatoms. The molecule has 0 radical (unpaired) electrons. The van der Waals surface area contributed by atoms with Crippen LogP contribution < -0.4 is 5.73 Å². The van der Waals surface area contributed by atoms with Crippen LogP contribution in [-0.4, -0.2) is 14.7 Å². The lowest BCUT2D eigenvalue weighted by atomic mass is 9.91. The molecule has 0 amide bonds. The Morgan fingerprint density at radius 2 is 2.06 bits per heavy atom. The highest BCUT2D eigenvalue weighted by Crippen LogP contribution is 2.34. The summed E-state index contributed by atoms with van der Waals surface area (Å²) in [6.07, 6.45) is 0.840. The molecular formula is C10H18N4O2. The number of hydrogen-bond acceptors (Lipinski definition) is 4. The lowest BCUT2D eigenvalue weighted by Crippen LogP contribution is -2.14. The van der Waals surface area contributed by atoms with Crippen molar-refractivity contribution in [3.8, 4) is 0 Å². The van der Waals surface area contributed by atoms with Crippen molar-refractivity contribution >= 4 is 11.5 Å². The van der Waals surface area contributed by atoms with Crippen molar-refractivity contribution in [3.05, 3.63) is 15.8 Å². The van der Waals surface area contributed by atoms with Crippen LogP contribution in [-0.2, 0) is 12.0 Å². The Bertz CT molecular complexity index is 404. The number of aryl methyl sites for hydroxylation is 1. The van der Waals surface area contributed by atoms with Crippen LogP contribution in [0.15, 0.2) is 0 Å². The molecule has 0 atom stereocenters. The first-order chi connectivity index (χ1) is 7.29. The normalized spacial score (nSPS) is 11.8. The Morgan fingerprint density at radius 3 is 2.38 bits per heavy atom. The van der Waals surface area contributed by atoms with E-state index in [-0.39, 0.29) is 16.9 Å². The average molecular weight is 226 g/mol. The maximum atomic E-state index is 11.0. The van der Waals surface area contributed by atoms with Crippen LogP contribution in [0.1, 0.15) is 39.8 Å². The molecule has 1 rings (SSSR count). The van der Waals surface area contributed by atoms with Gasteiger partial charge in [0.15, 0.2) is 0 Å². The van der Waals surface area contributed by atoms with E-state index < -0.39 is 4.92 Å². The molecule has 0 unspecified atom stereocenters. The summed E-state index contributed by atoms with van der Waals surface area (Å²) in [7, 11) is 0. The fourth-order valence-electron chi connectivity index (χ4n) is 1.53. The number of aromatic nitrogens is 2. The maximum Gasteiger partial charge on any atom is 0.334 e. The number of nitrogens with zero attached hydrogens (tertiary/aromatic N) is 3. The summed E-state index contributed by atoms with van der Waals surface area (Å²) in [6.45, 7) is 8.24. The van der Waals surface area contributed by atoms with E-state index in [1.54, 1.807) is 0 Å². The molecule has 0 aliphatic rings. The standard InChI is InChI=1S/C10H18N4O2/c1-5-6-13-9(11)7(14(15)16)8(12-13)10(2,3)4/h5-6,11H2,1-4H3. The quantitative estimate of drug-likeness (QED) is 0.631. The van der Waals surface area contributed by atoms with Crippen LogP contribution in [0, 0.1) is 10.1 Å². The molecule has 0 saturated carbocycles. The second-order valence-corrected chi connectivity index (χ2v) is 4.81. The Balaban J connectivity index is 3.37. The van der Waals surface area contributed by atoms with Crippen molar-refractivity contribution in [2.75, 3.05) is 5.73 Å². The number of rotatable bonds is 3. The monoisotopic (exact) mass is 226 g/mol. The average Bonchev–Trinajstić information content (AvgIpc) is 2.44. The van der Waals surface area contributed by atoms with Crippen molar-refractivity contribution < 1.29 is 4.92 Å². The smallest absolute Gasteiger partial charge is 0.334 e. The van der Waals surface area contributed by atoms with Crippen LogP contribution in [0.3, 0.4) is 0 Å². The van der Waals surface area contributed by atoms with Gasteiger partial charge in [-0.15, -0.1) is 0 Å². The van der Waals surface area contributed by atoms with Crippen LogP contribution in [0.5, 0.6) is 0 Å². The van der Waals surface area contributed by atoms with Gasteiger partial charge < -0.3 is 5.73 Å². The van der Waals surface area contributed by atoms with Crippen LogP contribution in [0.25, 0.3) is 0 Å². The summed E-state index contributed by atoms with van der Waals surface area (Å²) in [6, 6.07) is 0. The van der Waals surface area contributed by atoms with Gasteiger partial charge in [-0.05, 0) is 6.42 Å². The lowest BCUT2D eigenvalue weighted by Gasteiger charge is -2.13. The highest BCUT2D eigenvalue weighted by Gasteiger charge is 2.33. The first-order valence-corrected chi connectivity index (χ1v) is 5.30. The summed E-state index contributed by atoms with van der Waals surface area (Å²) in [5.74, 6) is 0.150. The molecule has 0 aliphatic heterocycles. The Hall–Kier alpha value is -1.59. The number of nitro groups is 1. The molecular weight excluding hydrogens is 208 g/mol. The molecule has 6 nitrogen and oxygen atoms in total. The SMILES string of the molecule is CCCn1nc(C(C)(C)C)c([N+](=O)[O-])c1N. The van der Waals surface area contributed by atoms with E-state index in [4.69, 9.17) is 5.73 Å². The van der Waals surface area contributed by atoms with Gasteiger partial charge in [0.2, 0.25) is 5.82 Å². The molecule has 0 aromatic carbocycles. The van der Waals surface area contributed by atoms with Crippen LogP contribution in [0.2, 0.25) is 0 Å². The molecule has 1 aromatic rings. The van der Waals surface area contributed by atoms with Gasteiger partial charge in [-0.2, -0.15) is 5.10 Å². The number of nitrogens with two attached hydrogens (primary N) is 1. The first-order valence-electron chi connectivity index (χ1n) is 5.30. The third-order valence-electron chi connectivity index (χ3n) is 2.29. The number of anilines is 1. The van der Waals surface area contributed by atoms with Crippen molar-refractivity contribution in [2.24, 2.45) is 0 Å². The van der Waals surface area contributed by atoms with Gasteiger partial charge in [0, 0.05) is 12.0 Å². The number of nitrogen functional groups attached to an aromatic ring is 1. The van der Waals surface area contributed by atoms with E-state index in [1.807, 2.05) is 27.7 Å². The van der Waals surface area contributed by atoms with Gasteiger partial charge in [-0.1, -0.05) is 27.7 Å². The highest BCUT2D eigenvalue weighted by molar-refractivity contribution is 5.58. The Morgan fingerprint density at radius 1 is 1.50 bits per heavy atom. The van der Waals surface area contributed by atoms with E-state index >= 15 is 0 Å². The highest BCUT2D eigenvalue weighted by atomic mass is 16.6. The third kappa shape index (κ3) is 2.15. The molecule has 1 heterocycles. The van der Waals surface area contributed by atoms with Crippen LogP contribution >= 0.6 is 0 Å². The summed E-state index contributed by atoms with van der Waals surface area (Å²) >= 11 is 0. The summed E-state index contributed by atoms with van der Waals surface area (Å²) in [5.41, 5.74) is 5.76. The molecule has 2 N–H and O–H groups in total. The van der Waals surface area contributed by atoms with Crippen molar-refractivity contribution in [1.82, 2.24) is 9.78 Å². The molecule has 0 fully saturated rings. The molecule has 0 aliphatic carbocycles. The predicted octanol–water partition coefficient (Wildman–Crippen LogP) is 2.08. The van der Waals surface area contributed by atoms with E-state index in [1.165, 1.54) is 4.68 Å². The minimum atomic E-state index is -0.449. The zero-order chi connectivity index (χ0) is 12.5. The predicted molar refractivity (Wildman–Crippen MR) is 62.3 cm³/mol. The Labute approximate surface area is 94.6 Å². The van der Waals surface area contributed by atoms with Gasteiger partial charge in [-0.3, -0.25) is 10.1 Å². The van der Waals surface area contributed by atoms with Gasteiger partial charge in [0.1, 0.15) is 5.69 Å². The van der Waals surface area contributed by atoms with Crippen molar-refractivity contribution in [2.45, 2.75) is 46.1 Å². The molecule has 0 spiro atoms. The molecule has 0 bridgehead atoms. The summed E-state index contributed by atoms with van der Waals surface area (Å²) < 4.78 is 1.51. The molecule has 90 valence electrons. The van der Waals surface area contributed by atoms with Gasteiger partial charge in [0.05, 0.1) is 4.92 Å². The zero-order valence-electron chi connectivity index (χ0n) is 10.1. The van der Waals surface area contributed by atoms with Gasteiger partial charge in [0.25, 0.3) is 0 Å². The summed E-state index contributed by atoms with van der Waals surface area (Å²) in [5, 5.41) is 15.2. The molecule has 0 saturated heterocycles. The van der Waals surface area contributed by atoms with E-state index in [0.717, 1.165) is 6.42 Å². The minimum Gasteiger partial charge on any atom is -0.378 e. The third-order valence-corrected chi connectivity index (χ3v) is 2.29. The largest absolute Gasteiger partial charge is 0.378 e. The zero-order valence-corrected chi connectivity index (χ0v) is 10.1. The second-order valence-electron chi connectivity index (χ2n) is 4.81. The van der Waals surface area contributed by atoms with Crippen molar-refractivity contribution in [3.63, 3.8) is 0 Å². The minimum absolute atomic E-state index is 0.0547. The second kappa shape index (κ2) is 4.11. The van der Waals surface area contributed by atoms with Crippen LogP contribution in [0.4, 0.5) is 11.5 Å². The maximum absolute atomic E-state index is 11.0. The van der Waals surface area contributed by atoms with Gasteiger partial charge in [-0.25, -0.2) is 4.68 Å². The van der Waals surface area contributed by atoms with E-state index in [0.29, 0.717) is 12.2 Å². The van der Waals surface area contributed by atoms with E-state index in [9.17, 15) is 10.1 Å². The van der Waals surface area contributed by atoms with Crippen molar-refractivity contribution in [1.29, 1.82) is 0 Å². The number of hydrogen-bond donors (Lipinski definition) is 1. The van der Waals surface area contributed by atoms with E-state index in [2.05, 4.69) is 5.10 Å². The first kappa shape index (κ1) is 12.5. The lowest BCUT2D eigenvalue weighted by molar-refractivity contribution is -0.385. The van der Waals surface area contributed by atoms with Gasteiger partial charge >= 0.3 is 5.69 Å². The Kier molecular flexibility index (Phi) is 3.21. The molecule has 1 aromatic heterocycles. The fourth-order valence-corrected chi connectivity index (χ4v) is 1.53. The molecule has 16 heavy (non-hydrogen) atoms.